The molecule has 8 rings (SSSR count). The summed E-state index contributed by atoms with van der Waals surface area (Å²) in [4.78, 5) is 26.5. The van der Waals surface area contributed by atoms with Gasteiger partial charge in [0.25, 0.3) is 5.97 Å². The van der Waals surface area contributed by atoms with Gasteiger partial charge in [-0.2, -0.15) is 0 Å². The number of fused-ring (bicyclic) bond motifs is 4. The lowest BCUT2D eigenvalue weighted by atomic mass is 9.88. The summed E-state index contributed by atoms with van der Waals surface area (Å²) >= 11 is 3.63. The number of benzene rings is 2. The van der Waals surface area contributed by atoms with E-state index in [1.54, 1.807) is 11.3 Å². The van der Waals surface area contributed by atoms with E-state index in [2.05, 4.69) is 101 Å². The number of aryl methyl sites for hydroxylation is 2. The van der Waals surface area contributed by atoms with Crippen LogP contribution in [0.1, 0.15) is 40.6 Å². The summed E-state index contributed by atoms with van der Waals surface area (Å²) in [6.45, 7) is 11.8. The Bertz CT molecular complexity index is 1780. The van der Waals surface area contributed by atoms with Crippen LogP contribution in [0.4, 0.5) is 32.8 Å². The quantitative estimate of drug-likeness (QED) is 0.164. The Kier molecular flexibility index (Phi) is 10.4. The fourth-order valence-electron chi connectivity index (χ4n) is 6.24. The lowest BCUT2D eigenvalue weighted by molar-refractivity contribution is -0.134. The highest BCUT2D eigenvalue weighted by Gasteiger charge is 2.28. The van der Waals surface area contributed by atoms with Crippen LogP contribution in [0.5, 0.6) is 0 Å². The SMILES string of the molecule is CC(=O)O.Cc1cc2c(s1)Nc1ccccc1N=C2C1CCN(C)CC1.Cc1cc2c(s1)Nc1ccccc1N=C2N1CCNCC1. The zero-order chi connectivity index (χ0) is 32.9. The van der Waals surface area contributed by atoms with E-state index in [9.17, 15) is 0 Å². The molecule has 0 bridgehead atoms. The van der Waals surface area contributed by atoms with Gasteiger partial charge in [0.1, 0.15) is 15.8 Å². The summed E-state index contributed by atoms with van der Waals surface area (Å²) in [6, 6.07) is 21.2. The van der Waals surface area contributed by atoms with Crippen molar-refractivity contribution in [1.29, 1.82) is 0 Å². The molecule has 0 unspecified atom stereocenters. The Hall–Kier alpha value is -4.03. The fraction of sp³-hybridized carbons (Fsp3) is 0.361. The highest BCUT2D eigenvalue weighted by molar-refractivity contribution is 7.17. The van der Waals surface area contributed by atoms with Gasteiger partial charge in [0.15, 0.2) is 0 Å². The van der Waals surface area contributed by atoms with Crippen LogP contribution in [0.25, 0.3) is 0 Å². The molecular formula is C36H43N7O2S2. The van der Waals surface area contributed by atoms with E-state index in [1.165, 1.54) is 49.4 Å². The van der Waals surface area contributed by atoms with Crippen molar-refractivity contribution in [1.82, 2.24) is 15.1 Å². The first-order valence-electron chi connectivity index (χ1n) is 16.2. The molecule has 2 fully saturated rings. The monoisotopic (exact) mass is 669 g/mol. The number of piperidine rings is 1. The third-order valence-electron chi connectivity index (χ3n) is 8.52. The van der Waals surface area contributed by atoms with E-state index in [1.807, 2.05) is 17.4 Å². The molecule has 4 aromatic rings. The predicted molar refractivity (Wildman–Crippen MR) is 198 cm³/mol. The van der Waals surface area contributed by atoms with Crippen molar-refractivity contribution in [3.63, 3.8) is 0 Å². The second-order valence-corrected chi connectivity index (χ2v) is 14.8. The topological polar surface area (TPSA) is 105 Å². The zero-order valence-electron chi connectivity index (χ0n) is 27.5. The molecule has 6 heterocycles. The number of para-hydroxylation sites is 4. The Labute approximate surface area is 285 Å². The van der Waals surface area contributed by atoms with Crippen LogP contribution in [-0.4, -0.2) is 78.7 Å². The number of hydrogen-bond donors (Lipinski definition) is 4. The van der Waals surface area contributed by atoms with Crippen molar-refractivity contribution < 1.29 is 9.90 Å². The van der Waals surface area contributed by atoms with E-state index >= 15 is 0 Å². The number of nitrogens with one attached hydrogen (secondary N) is 3. The van der Waals surface area contributed by atoms with Crippen molar-refractivity contribution in [2.45, 2.75) is 33.6 Å². The van der Waals surface area contributed by atoms with E-state index in [0.29, 0.717) is 5.92 Å². The van der Waals surface area contributed by atoms with Gasteiger partial charge in [-0.25, -0.2) is 4.99 Å². The van der Waals surface area contributed by atoms with E-state index in [-0.39, 0.29) is 0 Å². The molecule has 0 radical (unpaired) electrons. The maximum Gasteiger partial charge on any atom is 0.300 e. The molecule has 4 N–H and O–H groups in total. The molecule has 2 aromatic heterocycles. The number of likely N-dealkylation sites (tertiary alicyclic amines) is 1. The predicted octanol–water partition coefficient (Wildman–Crippen LogP) is 7.76. The number of nitrogens with zero attached hydrogens (tertiary/aromatic N) is 4. The number of aliphatic carboxylic acids is 1. The average Bonchev–Trinajstić information content (AvgIpc) is 3.51. The van der Waals surface area contributed by atoms with E-state index in [4.69, 9.17) is 19.9 Å². The highest BCUT2D eigenvalue weighted by Crippen LogP contribution is 2.41. The second-order valence-electron chi connectivity index (χ2n) is 12.3. The zero-order valence-corrected chi connectivity index (χ0v) is 29.1. The third kappa shape index (κ3) is 7.93. The molecular weight excluding hydrogens is 627 g/mol. The molecule has 0 atom stereocenters. The third-order valence-corrected chi connectivity index (χ3v) is 10.5. The van der Waals surface area contributed by atoms with Crippen LogP contribution in [0.2, 0.25) is 0 Å². The summed E-state index contributed by atoms with van der Waals surface area (Å²) in [6.07, 6.45) is 2.40. The van der Waals surface area contributed by atoms with Crippen molar-refractivity contribution in [3.8, 4) is 0 Å². The largest absolute Gasteiger partial charge is 0.481 e. The van der Waals surface area contributed by atoms with Crippen LogP contribution in [0, 0.1) is 19.8 Å². The molecule has 9 nitrogen and oxygen atoms in total. The average molecular weight is 670 g/mol. The lowest BCUT2D eigenvalue weighted by Gasteiger charge is -2.30. The van der Waals surface area contributed by atoms with Gasteiger partial charge in [0.2, 0.25) is 0 Å². The lowest BCUT2D eigenvalue weighted by Crippen LogP contribution is -2.46. The van der Waals surface area contributed by atoms with Crippen LogP contribution in [0.15, 0.2) is 70.6 Å². The van der Waals surface area contributed by atoms with Gasteiger partial charge in [-0.15, -0.1) is 22.7 Å². The molecule has 0 saturated carbocycles. The summed E-state index contributed by atoms with van der Waals surface area (Å²) in [7, 11) is 2.21. The number of anilines is 4. The molecule has 0 spiro atoms. The Morgan fingerprint density at radius 2 is 1.32 bits per heavy atom. The van der Waals surface area contributed by atoms with Gasteiger partial charge in [-0.05, 0) is 83.2 Å². The maximum absolute atomic E-state index is 9.00. The van der Waals surface area contributed by atoms with Gasteiger partial charge in [-0.3, -0.25) is 9.79 Å². The van der Waals surface area contributed by atoms with Crippen LogP contribution >= 0.6 is 22.7 Å². The molecule has 4 aliphatic rings. The van der Waals surface area contributed by atoms with E-state index < -0.39 is 5.97 Å². The fourth-order valence-corrected chi connectivity index (χ4v) is 8.10. The van der Waals surface area contributed by atoms with Crippen LogP contribution < -0.4 is 16.0 Å². The first kappa shape index (κ1) is 32.9. The van der Waals surface area contributed by atoms with Crippen LogP contribution in [-0.2, 0) is 4.79 Å². The molecule has 2 saturated heterocycles. The van der Waals surface area contributed by atoms with Gasteiger partial charge < -0.3 is 30.9 Å². The minimum absolute atomic E-state index is 0.567. The van der Waals surface area contributed by atoms with Crippen LogP contribution in [0.3, 0.4) is 0 Å². The summed E-state index contributed by atoms with van der Waals surface area (Å²) in [5.74, 6) is 0.838. The molecule has 246 valence electrons. The number of amidine groups is 1. The summed E-state index contributed by atoms with van der Waals surface area (Å²) < 4.78 is 0. The second kappa shape index (κ2) is 14.8. The number of carboxylic acids is 1. The summed E-state index contributed by atoms with van der Waals surface area (Å²) in [5, 5.41) is 20.4. The number of rotatable bonds is 1. The van der Waals surface area contributed by atoms with Gasteiger partial charge >= 0.3 is 0 Å². The standard InChI is InChI=1S/C18H21N3S.C16H18N4S.C2H4O2/c1-12-11-14-17(13-7-9-21(2)10-8-13)19-15-5-3-4-6-16(15)20-18(14)22-12;1-11-10-12-15(20-8-6-17-7-9-20)18-13-4-2-3-5-14(13)19-16(12)21-11;1-2(3)4/h3-6,11,13,20H,7-10H2,1-2H3;2-5,10,17,19H,6-9H2,1H3;1H3,(H,3,4). The smallest absolute Gasteiger partial charge is 0.300 e. The number of carbonyl (C=O) groups is 1. The Morgan fingerprint density at radius 3 is 1.91 bits per heavy atom. The number of aliphatic imine (C=N–C) groups is 2. The molecule has 4 aliphatic heterocycles. The van der Waals surface area contributed by atoms with Gasteiger partial charge in [-0.1, -0.05) is 24.3 Å². The van der Waals surface area contributed by atoms with E-state index in [0.717, 1.165) is 74.8 Å². The Morgan fingerprint density at radius 1 is 0.809 bits per heavy atom. The number of thiophene rings is 2. The van der Waals surface area contributed by atoms with Crippen molar-refractivity contribution in [2.75, 3.05) is 56.9 Å². The molecule has 0 aliphatic carbocycles. The minimum Gasteiger partial charge on any atom is -0.481 e. The Balaban J connectivity index is 0.000000148. The molecule has 0 amide bonds. The number of hydrogen-bond acceptors (Lipinski definition) is 10. The molecule has 11 heteroatoms. The highest BCUT2D eigenvalue weighted by atomic mass is 32.1. The number of carboxylic acid groups (broad SMARTS) is 1. The summed E-state index contributed by atoms with van der Waals surface area (Å²) in [5.41, 5.74) is 8.12. The van der Waals surface area contributed by atoms with Gasteiger partial charge in [0, 0.05) is 54.3 Å². The van der Waals surface area contributed by atoms with Crippen molar-refractivity contribution >= 4 is 72.9 Å². The molecule has 2 aromatic carbocycles. The van der Waals surface area contributed by atoms with Crippen molar-refractivity contribution in [3.05, 3.63) is 81.5 Å². The first-order valence-corrected chi connectivity index (χ1v) is 17.8. The normalized spacial score (nSPS) is 17.1. The minimum atomic E-state index is -0.833. The van der Waals surface area contributed by atoms with Crippen molar-refractivity contribution in [2.24, 2.45) is 15.9 Å². The van der Waals surface area contributed by atoms with Gasteiger partial charge in [0.05, 0.1) is 34.0 Å². The number of piperazine rings is 1. The molecule has 47 heavy (non-hydrogen) atoms. The maximum atomic E-state index is 9.00. The first-order chi connectivity index (χ1) is 22.7.